The third-order valence-electron chi connectivity index (χ3n) is 5.24. The number of likely N-dealkylation sites (tertiary alicyclic amines) is 1. The summed E-state index contributed by atoms with van der Waals surface area (Å²) in [7, 11) is 0. The Morgan fingerprint density at radius 2 is 1.86 bits per heavy atom. The summed E-state index contributed by atoms with van der Waals surface area (Å²) in [6.07, 6.45) is 5.07. The quantitative estimate of drug-likeness (QED) is 0.531. The lowest BCUT2D eigenvalue weighted by Crippen LogP contribution is -2.28. The molecule has 144 valence electrons. The molecule has 4 heterocycles. The van der Waals surface area contributed by atoms with E-state index in [1.165, 1.54) is 6.26 Å². The first kappa shape index (κ1) is 17.4. The van der Waals surface area contributed by atoms with Gasteiger partial charge in [-0.3, -0.25) is 9.78 Å². The van der Waals surface area contributed by atoms with Crippen LogP contribution in [0.25, 0.3) is 11.4 Å². The summed E-state index contributed by atoms with van der Waals surface area (Å²) in [6.45, 7) is 0.995. The minimum Gasteiger partial charge on any atom is -0.459 e. The summed E-state index contributed by atoms with van der Waals surface area (Å²) in [5.74, 6) is 1.13. The van der Waals surface area contributed by atoms with Crippen molar-refractivity contribution in [3.8, 4) is 11.4 Å². The van der Waals surface area contributed by atoms with Gasteiger partial charge in [0, 0.05) is 37.0 Å². The van der Waals surface area contributed by atoms with Crippen LogP contribution in [0.5, 0.6) is 0 Å². The highest BCUT2D eigenvalue weighted by atomic mass is 16.5. The van der Waals surface area contributed by atoms with Crippen LogP contribution < -0.4 is 0 Å². The molecule has 4 aromatic rings. The standard InChI is InChI=1S/C22H18N4O3/c27-22(19-9-5-11-28-19)26-13-17(16-8-4-10-23-12-16)18(14-26)21-24-20(25-29-21)15-6-2-1-3-7-15/h1-12,17-18H,13-14H2/t17-,18+/m0/s1. The number of amides is 1. The summed E-state index contributed by atoms with van der Waals surface area (Å²) >= 11 is 0. The van der Waals surface area contributed by atoms with Gasteiger partial charge in [-0.05, 0) is 23.8 Å². The lowest BCUT2D eigenvalue weighted by Gasteiger charge is -2.15. The fraction of sp³-hybridized carbons (Fsp3) is 0.182. The summed E-state index contributed by atoms with van der Waals surface area (Å²) in [6, 6.07) is 17.0. The number of rotatable bonds is 4. The van der Waals surface area contributed by atoms with Crippen LogP contribution in [0.15, 0.2) is 82.2 Å². The SMILES string of the molecule is O=C(c1ccco1)N1C[C@@H](c2cccnc2)[C@H](c2nc(-c3ccccc3)no2)C1. The maximum absolute atomic E-state index is 12.8. The maximum atomic E-state index is 12.8. The molecule has 7 heteroatoms. The Morgan fingerprint density at radius 3 is 2.62 bits per heavy atom. The van der Waals surface area contributed by atoms with Crippen LogP contribution >= 0.6 is 0 Å². The van der Waals surface area contributed by atoms with E-state index in [0.717, 1.165) is 11.1 Å². The number of carbonyl (C=O) groups excluding carboxylic acids is 1. The van der Waals surface area contributed by atoms with E-state index < -0.39 is 0 Å². The van der Waals surface area contributed by atoms with E-state index in [1.807, 2.05) is 48.7 Å². The van der Waals surface area contributed by atoms with Crippen molar-refractivity contribution in [1.82, 2.24) is 20.0 Å². The molecule has 1 fully saturated rings. The third kappa shape index (κ3) is 3.31. The maximum Gasteiger partial charge on any atom is 0.289 e. The highest BCUT2D eigenvalue weighted by Crippen LogP contribution is 2.39. The second kappa shape index (κ2) is 7.35. The molecular formula is C22H18N4O3. The lowest BCUT2D eigenvalue weighted by molar-refractivity contribution is 0.0756. The minimum atomic E-state index is -0.144. The highest BCUT2D eigenvalue weighted by Gasteiger charge is 2.41. The zero-order valence-electron chi connectivity index (χ0n) is 15.5. The van der Waals surface area contributed by atoms with Crippen molar-refractivity contribution >= 4 is 5.91 Å². The van der Waals surface area contributed by atoms with E-state index in [1.54, 1.807) is 23.2 Å². The summed E-state index contributed by atoms with van der Waals surface area (Å²) in [4.78, 5) is 23.5. The molecule has 1 amide bonds. The zero-order valence-corrected chi connectivity index (χ0v) is 15.5. The predicted molar refractivity (Wildman–Crippen MR) is 104 cm³/mol. The molecule has 0 bridgehead atoms. The van der Waals surface area contributed by atoms with Gasteiger partial charge in [0.05, 0.1) is 12.2 Å². The molecular weight excluding hydrogens is 368 g/mol. The molecule has 7 nitrogen and oxygen atoms in total. The molecule has 1 saturated heterocycles. The fourth-order valence-electron chi connectivity index (χ4n) is 3.80. The monoisotopic (exact) mass is 386 g/mol. The van der Waals surface area contributed by atoms with Crippen LogP contribution in [-0.4, -0.2) is 39.0 Å². The number of benzene rings is 1. The van der Waals surface area contributed by atoms with Gasteiger partial charge in [0.15, 0.2) is 5.76 Å². The first-order chi connectivity index (χ1) is 14.3. The molecule has 1 aromatic carbocycles. The molecule has 0 spiro atoms. The number of pyridine rings is 1. The number of carbonyl (C=O) groups is 1. The number of nitrogens with zero attached hydrogens (tertiary/aromatic N) is 4. The molecule has 3 aromatic heterocycles. The van der Waals surface area contributed by atoms with Crippen LogP contribution in [0, 0.1) is 0 Å². The van der Waals surface area contributed by atoms with E-state index in [9.17, 15) is 4.79 Å². The molecule has 29 heavy (non-hydrogen) atoms. The Morgan fingerprint density at radius 1 is 1.00 bits per heavy atom. The Labute approximate surface area is 167 Å². The van der Waals surface area contributed by atoms with Gasteiger partial charge in [0.2, 0.25) is 11.7 Å². The predicted octanol–water partition coefficient (Wildman–Crippen LogP) is 3.75. The van der Waals surface area contributed by atoms with E-state index >= 15 is 0 Å². The van der Waals surface area contributed by atoms with Crippen molar-refractivity contribution < 1.29 is 13.7 Å². The van der Waals surface area contributed by atoms with Gasteiger partial charge < -0.3 is 13.8 Å². The number of furan rings is 1. The first-order valence-electron chi connectivity index (χ1n) is 9.41. The average Bonchev–Trinajstić information content (AvgIpc) is 3.55. The van der Waals surface area contributed by atoms with Gasteiger partial charge in [-0.1, -0.05) is 41.6 Å². The van der Waals surface area contributed by atoms with Crippen molar-refractivity contribution in [1.29, 1.82) is 0 Å². The van der Waals surface area contributed by atoms with Gasteiger partial charge in [-0.25, -0.2) is 0 Å². The second-order valence-corrected chi connectivity index (χ2v) is 7.01. The average molecular weight is 386 g/mol. The number of hydrogen-bond acceptors (Lipinski definition) is 6. The van der Waals surface area contributed by atoms with Gasteiger partial charge in [0.1, 0.15) is 0 Å². The Kier molecular flexibility index (Phi) is 4.40. The highest BCUT2D eigenvalue weighted by molar-refractivity contribution is 5.91. The number of hydrogen-bond donors (Lipinski definition) is 0. The topological polar surface area (TPSA) is 85.3 Å². The summed E-state index contributed by atoms with van der Waals surface area (Å²) < 4.78 is 10.9. The van der Waals surface area contributed by atoms with Gasteiger partial charge in [-0.15, -0.1) is 0 Å². The largest absolute Gasteiger partial charge is 0.459 e. The second-order valence-electron chi connectivity index (χ2n) is 7.01. The first-order valence-corrected chi connectivity index (χ1v) is 9.41. The molecule has 0 N–H and O–H groups in total. The Bertz CT molecular complexity index is 1090. The molecule has 0 aliphatic carbocycles. The van der Waals surface area contributed by atoms with Crippen molar-refractivity contribution in [2.75, 3.05) is 13.1 Å². The molecule has 0 unspecified atom stereocenters. The van der Waals surface area contributed by atoms with Gasteiger partial charge >= 0.3 is 0 Å². The van der Waals surface area contributed by atoms with E-state index in [2.05, 4.69) is 15.1 Å². The van der Waals surface area contributed by atoms with E-state index in [0.29, 0.717) is 30.6 Å². The van der Waals surface area contributed by atoms with Gasteiger partial charge in [0.25, 0.3) is 5.91 Å². The Balaban J connectivity index is 1.47. The number of aromatic nitrogens is 3. The van der Waals surface area contributed by atoms with Crippen LogP contribution in [0.2, 0.25) is 0 Å². The molecule has 5 rings (SSSR count). The minimum absolute atomic E-state index is 0.00619. The van der Waals surface area contributed by atoms with Crippen LogP contribution in [-0.2, 0) is 0 Å². The van der Waals surface area contributed by atoms with E-state index in [-0.39, 0.29) is 17.7 Å². The van der Waals surface area contributed by atoms with Crippen LogP contribution in [0.4, 0.5) is 0 Å². The lowest BCUT2D eigenvalue weighted by atomic mass is 9.90. The molecule has 2 atom stereocenters. The molecule has 1 aliphatic heterocycles. The normalized spacial score (nSPS) is 18.8. The van der Waals surface area contributed by atoms with Crippen molar-refractivity contribution in [3.05, 3.63) is 90.5 Å². The summed E-state index contributed by atoms with van der Waals surface area (Å²) in [5, 5.41) is 4.16. The molecule has 0 radical (unpaired) electrons. The smallest absolute Gasteiger partial charge is 0.289 e. The van der Waals surface area contributed by atoms with Crippen molar-refractivity contribution in [2.24, 2.45) is 0 Å². The molecule has 0 saturated carbocycles. The molecule has 1 aliphatic rings. The third-order valence-corrected chi connectivity index (χ3v) is 5.24. The fourth-order valence-corrected chi connectivity index (χ4v) is 3.80. The van der Waals surface area contributed by atoms with Crippen LogP contribution in [0.1, 0.15) is 33.8 Å². The zero-order chi connectivity index (χ0) is 19.6. The summed E-state index contributed by atoms with van der Waals surface area (Å²) in [5.41, 5.74) is 1.92. The van der Waals surface area contributed by atoms with E-state index in [4.69, 9.17) is 8.94 Å². The Hall–Kier alpha value is -3.74. The van der Waals surface area contributed by atoms with Crippen molar-refractivity contribution in [3.63, 3.8) is 0 Å². The van der Waals surface area contributed by atoms with Crippen molar-refractivity contribution in [2.45, 2.75) is 11.8 Å². The van der Waals surface area contributed by atoms with Gasteiger partial charge in [-0.2, -0.15) is 4.98 Å². The van der Waals surface area contributed by atoms with Crippen LogP contribution in [0.3, 0.4) is 0 Å².